The number of carboxylic acids is 1. The van der Waals surface area contributed by atoms with E-state index in [9.17, 15) is 9.59 Å². The second-order valence-corrected chi connectivity index (χ2v) is 9.37. The van der Waals surface area contributed by atoms with Gasteiger partial charge in [0.1, 0.15) is 11.6 Å². The van der Waals surface area contributed by atoms with Gasteiger partial charge >= 0.3 is 11.9 Å². The topological polar surface area (TPSA) is 95.0 Å². The molecule has 2 aromatic heterocycles. The van der Waals surface area contributed by atoms with Crippen molar-refractivity contribution in [2.45, 2.75) is 6.42 Å². The third kappa shape index (κ3) is 6.61. The van der Waals surface area contributed by atoms with Crippen molar-refractivity contribution in [1.29, 1.82) is 0 Å². The summed E-state index contributed by atoms with van der Waals surface area (Å²) in [5, 5.41) is 15.5. The first-order valence-electron chi connectivity index (χ1n) is 11.6. The van der Waals surface area contributed by atoms with E-state index in [0.29, 0.717) is 17.9 Å². The molecule has 1 fully saturated rings. The van der Waals surface area contributed by atoms with Crippen molar-refractivity contribution in [3.05, 3.63) is 60.0 Å². The van der Waals surface area contributed by atoms with Crippen LogP contribution in [-0.2, 0) is 9.59 Å². The van der Waals surface area contributed by atoms with Crippen molar-refractivity contribution < 1.29 is 19.4 Å². The van der Waals surface area contributed by atoms with E-state index < -0.39 is 11.9 Å². The number of amides is 1. The summed E-state index contributed by atoms with van der Waals surface area (Å²) in [6.07, 6.45) is 0.855. The lowest BCUT2D eigenvalue weighted by molar-refractivity contribution is -0.147. The van der Waals surface area contributed by atoms with Crippen LogP contribution in [0.4, 0.5) is 11.5 Å². The number of ether oxygens (including phenoxy) is 1. The Morgan fingerprint density at radius 3 is 2.57 bits per heavy atom. The van der Waals surface area contributed by atoms with Crippen molar-refractivity contribution in [2.24, 2.45) is 0 Å². The number of thiophene rings is 1. The number of pyridine rings is 1. The summed E-state index contributed by atoms with van der Waals surface area (Å²) in [5.74, 6) is -1.96. The molecule has 8 nitrogen and oxygen atoms in total. The third-order valence-corrected chi connectivity index (χ3v) is 7.06. The third-order valence-electron chi connectivity index (χ3n) is 6.18. The molecule has 2 N–H and O–H groups in total. The minimum absolute atomic E-state index is 0. The molecule has 0 atom stereocenters. The van der Waals surface area contributed by atoms with Crippen molar-refractivity contribution in [3.8, 4) is 5.75 Å². The number of carboxylic acid groups (broad SMARTS) is 1. The quantitative estimate of drug-likeness (QED) is 0.244. The SMILES string of the molecule is Cl.Cl.O=C(O)C(=O)Nc1cc(OCCCN2CCN(c3cccc4sccc34)CC2)c2ccccc2n1. The van der Waals surface area contributed by atoms with Gasteiger partial charge in [0.15, 0.2) is 0 Å². The second kappa shape index (κ2) is 12.9. The largest absolute Gasteiger partial charge is 0.493 e. The van der Waals surface area contributed by atoms with Crippen LogP contribution in [0.5, 0.6) is 5.75 Å². The van der Waals surface area contributed by atoms with Crippen molar-refractivity contribution in [3.63, 3.8) is 0 Å². The number of aliphatic carboxylic acids is 1. The van der Waals surface area contributed by atoms with Gasteiger partial charge in [-0.3, -0.25) is 9.69 Å². The predicted molar refractivity (Wildman–Crippen MR) is 153 cm³/mol. The number of nitrogens with zero attached hydrogens (tertiary/aromatic N) is 3. The summed E-state index contributed by atoms with van der Waals surface area (Å²) < 4.78 is 7.38. The molecule has 37 heavy (non-hydrogen) atoms. The Bertz CT molecular complexity index is 1380. The highest BCUT2D eigenvalue weighted by Gasteiger charge is 2.19. The number of fused-ring (bicyclic) bond motifs is 2. The molecule has 4 aromatic rings. The average Bonchev–Trinajstić information content (AvgIpc) is 3.36. The Balaban J connectivity index is 0.00000190. The molecule has 0 radical (unpaired) electrons. The smallest absolute Gasteiger partial charge is 0.394 e. The van der Waals surface area contributed by atoms with Gasteiger partial charge in [0.2, 0.25) is 0 Å². The summed E-state index contributed by atoms with van der Waals surface area (Å²) in [5.41, 5.74) is 1.95. The van der Waals surface area contributed by atoms with Crippen LogP contribution >= 0.6 is 36.2 Å². The van der Waals surface area contributed by atoms with Gasteiger partial charge in [-0.05, 0) is 42.1 Å². The molecular weight excluding hydrogens is 535 g/mol. The highest BCUT2D eigenvalue weighted by molar-refractivity contribution is 7.17. The minimum atomic E-state index is -1.56. The zero-order valence-corrected chi connectivity index (χ0v) is 22.4. The maximum atomic E-state index is 11.6. The van der Waals surface area contributed by atoms with Crippen molar-refractivity contribution in [2.75, 3.05) is 49.5 Å². The minimum Gasteiger partial charge on any atom is -0.493 e. The van der Waals surface area contributed by atoms with Gasteiger partial charge in [0.05, 0.1) is 12.1 Å². The fraction of sp³-hybridized carbons (Fsp3) is 0.269. The lowest BCUT2D eigenvalue weighted by Crippen LogP contribution is -2.46. The van der Waals surface area contributed by atoms with Crippen LogP contribution in [-0.4, -0.2) is 66.2 Å². The Hall–Kier alpha value is -3.11. The molecule has 1 amide bonds. The van der Waals surface area contributed by atoms with E-state index >= 15 is 0 Å². The molecule has 1 aliphatic rings. The monoisotopic (exact) mass is 562 g/mol. The summed E-state index contributed by atoms with van der Waals surface area (Å²) in [4.78, 5) is 31.7. The average molecular weight is 564 g/mol. The Labute approximate surface area is 231 Å². The number of piperazine rings is 1. The first kappa shape index (κ1) is 28.5. The van der Waals surface area contributed by atoms with E-state index in [-0.39, 0.29) is 30.6 Å². The van der Waals surface area contributed by atoms with E-state index in [4.69, 9.17) is 9.84 Å². The van der Waals surface area contributed by atoms with Crippen LogP contribution in [0.3, 0.4) is 0 Å². The first-order chi connectivity index (χ1) is 17.1. The van der Waals surface area contributed by atoms with Gasteiger partial charge in [0.25, 0.3) is 0 Å². The molecular formula is C26H28Cl2N4O4S. The van der Waals surface area contributed by atoms with Crippen LogP contribution in [0.1, 0.15) is 6.42 Å². The van der Waals surface area contributed by atoms with Gasteiger partial charge < -0.3 is 20.1 Å². The molecule has 0 aliphatic carbocycles. The molecule has 2 aromatic carbocycles. The number of hydrogen-bond donors (Lipinski definition) is 2. The molecule has 1 aliphatic heterocycles. The van der Waals surface area contributed by atoms with Gasteiger partial charge in [-0.2, -0.15) is 0 Å². The maximum absolute atomic E-state index is 11.6. The van der Waals surface area contributed by atoms with Crippen molar-refractivity contribution in [1.82, 2.24) is 9.88 Å². The first-order valence-corrected chi connectivity index (χ1v) is 12.5. The van der Waals surface area contributed by atoms with Gasteiger partial charge in [-0.15, -0.1) is 36.2 Å². The molecule has 1 saturated heterocycles. The maximum Gasteiger partial charge on any atom is 0.394 e. The summed E-state index contributed by atoms with van der Waals surface area (Å²) in [6, 6.07) is 17.7. The number of carbonyl (C=O) groups excluding carboxylic acids is 1. The molecule has 196 valence electrons. The number of para-hydroxylation sites is 1. The van der Waals surface area contributed by atoms with E-state index in [1.807, 2.05) is 18.2 Å². The lowest BCUT2D eigenvalue weighted by atomic mass is 10.2. The van der Waals surface area contributed by atoms with E-state index in [2.05, 4.69) is 49.7 Å². The number of carbonyl (C=O) groups is 2. The number of benzene rings is 2. The fourth-order valence-electron chi connectivity index (χ4n) is 4.43. The van der Waals surface area contributed by atoms with E-state index in [0.717, 1.165) is 44.5 Å². The Kier molecular flexibility index (Phi) is 9.93. The molecule has 0 spiro atoms. The summed E-state index contributed by atoms with van der Waals surface area (Å²) in [6.45, 7) is 5.44. The van der Waals surface area contributed by atoms with Crippen LogP contribution in [0.25, 0.3) is 21.0 Å². The fourth-order valence-corrected chi connectivity index (χ4v) is 5.24. The number of rotatable bonds is 7. The number of hydrogen-bond acceptors (Lipinski definition) is 7. The van der Waals surface area contributed by atoms with Crippen molar-refractivity contribution >= 4 is 80.5 Å². The molecule has 0 unspecified atom stereocenters. The van der Waals surface area contributed by atoms with Gasteiger partial charge in [0, 0.05) is 59.9 Å². The Morgan fingerprint density at radius 1 is 1.00 bits per heavy atom. The molecule has 11 heteroatoms. The highest BCUT2D eigenvalue weighted by atomic mass is 35.5. The lowest BCUT2D eigenvalue weighted by Gasteiger charge is -2.36. The number of nitrogens with one attached hydrogen (secondary N) is 1. The number of halogens is 2. The zero-order chi connectivity index (χ0) is 24.2. The second-order valence-electron chi connectivity index (χ2n) is 8.42. The van der Waals surface area contributed by atoms with Crippen LogP contribution < -0.4 is 15.0 Å². The van der Waals surface area contributed by atoms with Crippen LogP contribution in [0.15, 0.2) is 60.0 Å². The summed E-state index contributed by atoms with van der Waals surface area (Å²) in [7, 11) is 0. The number of anilines is 2. The van der Waals surface area contributed by atoms with Gasteiger partial charge in [-0.1, -0.05) is 18.2 Å². The summed E-state index contributed by atoms with van der Waals surface area (Å²) >= 11 is 1.78. The van der Waals surface area contributed by atoms with Crippen LogP contribution in [0.2, 0.25) is 0 Å². The van der Waals surface area contributed by atoms with Gasteiger partial charge in [-0.25, -0.2) is 9.78 Å². The van der Waals surface area contributed by atoms with E-state index in [1.54, 1.807) is 23.5 Å². The molecule has 0 bridgehead atoms. The highest BCUT2D eigenvalue weighted by Crippen LogP contribution is 2.31. The molecule has 3 heterocycles. The zero-order valence-electron chi connectivity index (χ0n) is 20.0. The predicted octanol–water partition coefficient (Wildman–Crippen LogP) is 4.91. The number of aromatic nitrogens is 1. The Morgan fingerprint density at radius 2 is 1.78 bits per heavy atom. The standard InChI is InChI=1S/C26H26N4O4S.2ClH/c31-25(26(32)33)28-24-17-22(18-5-1-2-6-20(18)27-24)34-15-4-10-29-11-13-30(14-12-29)21-7-3-8-23-19(21)9-16-35-23;;/h1-3,5-9,16-17H,4,10-15H2,(H,32,33)(H,27,28,31);2*1H. The molecule has 0 saturated carbocycles. The van der Waals surface area contributed by atoms with Crippen LogP contribution in [0, 0.1) is 0 Å². The molecule has 5 rings (SSSR count). The normalized spacial score (nSPS) is 13.6. The van der Waals surface area contributed by atoms with E-state index in [1.165, 1.54) is 15.8 Å².